The van der Waals surface area contributed by atoms with Crippen LogP contribution in [0.1, 0.15) is 78.4 Å². The molecular weight excluding hydrogens is 614 g/mol. The second-order valence-corrected chi connectivity index (χ2v) is 13.3. The smallest absolute Gasteiger partial charge is 0.408 e. The molecule has 0 aliphatic rings. The van der Waals surface area contributed by atoms with Crippen LogP contribution in [0.2, 0.25) is 0 Å². The van der Waals surface area contributed by atoms with Crippen molar-refractivity contribution in [1.29, 1.82) is 0 Å². The second-order valence-electron chi connectivity index (χ2n) is 13.3. The number of nitrogens with one attached hydrogen (secondary N) is 4. The van der Waals surface area contributed by atoms with Gasteiger partial charge in [0.15, 0.2) is 0 Å². The van der Waals surface area contributed by atoms with E-state index in [1.54, 1.807) is 24.5 Å². The zero-order chi connectivity index (χ0) is 35.6. The van der Waals surface area contributed by atoms with Gasteiger partial charge in [-0.05, 0) is 53.9 Å². The van der Waals surface area contributed by atoms with Crippen LogP contribution in [0.5, 0.6) is 0 Å². The van der Waals surface area contributed by atoms with E-state index in [1.165, 1.54) is 0 Å². The first-order valence-electron chi connectivity index (χ1n) is 16.9. The number of rotatable bonds is 20. The second kappa shape index (κ2) is 21.0. The maximum Gasteiger partial charge on any atom is 0.408 e. The molecule has 2 rings (SSSR count). The lowest BCUT2D eigenvalue weighted by Gasteiger charge is -2.30. The van der Waals surface area contributed by atoms with Crippen molar-refractivity contribution in [1.82, 2.24) is 26.3 Å². The van der Waals surface area contributed by atoms with Gasteiger partial charge in [0.25, 0.3) is 0 Å². The van der Waals surface area contributed by atoms with Crippen LogP contribution in [-0.2, 0) is 32.1 Å². The highest BCUT2D eigenvalue weighted by Crippen LogP contribution is 2.15. The Morgan fingerprint density at radius 3 is 1.98 bits per heavy atom. The largest absolute Gasteiger partial charge is 0.445 e. The van der Waals surface area contributed by atoms with E-state index in [2.05, 4.69) is 26.3 Å². The lowest BCUT2D eigenvalue weighted by molar-refractivity contribution is -0.132. The SMILES string of the molecule is CCC(C)[C@@H](CO)NC(=O)CC(O)C(CC(C)C)NC(=O)[C@H](CC(C)C)NC(=O)[C@H](Cc1ccncc1)NC(=O)OCc1ccccc1. The molecule has 0 saturated carbocycles. The Balaban J connectivity index is 2.18. The van der Waals surface area contributed by atoms with Crippen molar-refractivity contribution in [2.24, 2.45) is 17.8 Å². The van der Waals surface area contributed by atoms with Gasteiger partial charge in [-0.3, -0.25) is 19.4 Å². The maximum atomic E-state index is 13.7. The molecule has 266 valence electrons. The van der Waals surface area contributed by atoms with Crippen LogP contribution in [0.3, 0.4) is 0 Å². The minimum absolute atomic E-state index is 0.0127. The van der Waals surface area contributed by atoms with E-state index in [0.29, 0.717) is 6.42 Å². The fourth-order valence-electron chi connectivity index (χ4n) is 5.20. The van der Waals surface area contributed by atoms with E-state index >= 15 is 0 Å². The quantitative estimate of drug-likeness (QED) is 0.124. The molecule has 12 nitrogen and oxygen atoms in total. The lowest BCUT2D eigenvalue weighted by atomic mass is 9.95. The Morgan fingerprint density at radius 2 is 1.40 bits per heavy atom. The van der Waals surface area contributed by atoms with Crippen molar-refractivity contribution in [2.45, 2.75) is 111 Å². The molecule has 48 heavy (non-hydrogen) atoms. The number of aliphatic hydroxyl groups excluding tert-OH is 2. The number of nitrogens with zero attached hydrogens (tertiary/aromatic N) is 1. The summed E-state index contributed by atoms with van der Waals surface area (Å²) in [5, 5.41) is 31.9. The molecule has 0 aliphatic carbocycles. The van der Waals surface area contributed by atoms with E-state index in [1.807, 2.05) is 71.9 Å². The Labute approximate surface area is 284 Å². The van der Waals surface area contributed by atoms with Gasteiger partial charge in [0.1, 0.15) is 18.7 Å². The van der Waals surface area contributed by atoms with Gasteiger partial charge in [-0.15, -0.1) is 0 Å². The zero-order valence-corrected chi connectivity index (χ0v) is 29.1. The number of carbonyl (C=O) groups excluding carboxylic acids is 4. The molecule has 4 amide bonds. The normalized spacial score (nSPS) is 15.0. The number of alkyl carbamates (subject to hydrolysis) is 1. The van der Waals surface area contributed by atoms with Crippen LogP contribution in [0.4, 0.5) is 4.79 Å². The fraction of sp³-hybridized carbons (Fsp3) is 0.583. The number of aliphatic hydroxyl groups is 2. The summed E-state index contributed by atoms with van der Waals surface area (Å²) in [4.78, 5) is 57.0. The topological polar surface area (TPSA) is 179 Å². The van der Waals surface area contributed by atoms with Gasteiger partial charge in [0.2, 0.25) is 17.7 Å². The van der Waals surface area contributed by atoms with E-state index in [0.717, 1.165) is 17.5 Å². The van der Waals surface area contributed by atoms with Crippen LogP contribution in [0, 0.1) is 17.8 Å². The predicted octanol–water partition coefficient (Wildman–Crippen LogP) is 3.26. The fourth-order valence-corrected chi connectivity index (χ4v) is 5.20. The van der Waals surface area contributed by atoms with Crippen molar-refractivity contribution in [3.05, 3.63) is 66.0 Å². The minimum atomic E-state index is -1.21. The minimum Gasteiger partial charge on any atom is -0.445 e. The third kappa shape index (κ3) is 14.8. The van der Waals surface area contributed by atoms with E-state index in [9.17, 15) is 29.4 Å². The molecule has 1 aromatic heterocycles. The highest BCUT2D eigenvalue weighted by atomic mass is 16.5. The number of hydrogen-bond donors (Lipinski definition) is 6. The van der Waals surface area contributed by atoms with Crippen LogP contribution in [-0.4, -0.2) is 75.9 Å². The van der Waals surface area contributed by atoms with Crippen molar-refractivity contribution in [2.75, 3.05) is 6.61 Å². The number of carbonyl (C=O) groups is 4. The van der Waals surface area contributed by atoms with E-state index in [4.69, 9.17) is 4.74 Å². The number of aromatic nitrogens is 1. The number of amides is 4. The van der Waals surface area contributed by atoms with E-state index in [-0.39, 0.29) is 50.2 Å². The van der Waals surface area contributed by atoms with Crippen LogP contribution >= 0.6 is 0 Å². The number of benzene rings is 1. The standard InChI is InChI=1S/C36H55N5O7/c1-7-25(6)31(21-42)38-33(44)20-32(43)28(17-23(2)3)39-34(45)29(18-24(4)5)40-35(46)30(19-26-13-15-37-16-14-26)41-36(47)48-22-27-11-9-8-10-12-27/h8-16,23-25,28-32,42-43H,7,17-22H2,1-6H3,(H,38,44)(H,39,45)(H,40,46)(H,41,47)/t25?,28?,29-,30-,31+,32?/m0/s1. The predicted molar refractivity (Wildman–Crippen MR) is 183 cm³/mol. The molecular formula is C36H55N5O7. The van der Waals surface area contributed by atoms with Crippen molar-refractivity contribution in [3.8, 4) is 0 Å². The highest BCUT2D eigenvalue weighted by Gasteiger charge is 2.32. The zero-order valence-electron chi connectivity index (χ0n) is 29.1. The van der Waals surface area contributed by atoms with Gasteiger partial charge >= 0.3 is 6.09 Å². The molecule has 1 heterocycles. The van der Waals surface area contributed by atoms with Crippen molar-refractivity contribution < 1.29 is 34.1 Å². The summed E-state index contributed by atoms with van der Waals surface area (Å²) < 4.78 is 5.37. The summed E-state index contributed by atoms with van der Waals surface area (Å²) in [6, 6.07) is 9.34. The number of pyridine rings is 1. The molecule has 0 spiro atoms. The Bertz CT molecular complexity index is 1260. The summed E-state index contributed by atoms with van der Waals surface area (Å²) in [5.74, 6) is -1.38. The van der Waals surface area contributed by atoms with E-state index < -0.39 is 54.1 Å². The summed E-state index contributed by atoms with van der Waals surface area (Å²) in [5.41, 5.74) is 1.53. The first-order chi connectivity index (χ1) is 22.8. The molecule has 2 aromatic rings. The van der Waals surface area contributed by atoms with Gasteiger partial charge in [-0.25, -0.2) is 4.79 Å². The first kappa shape index (κ1) is 40.1. The Morgan fingerprint density at radius 1 is 0.771 bits per heavy atom. The third-order valence-corrected chi connectivity index (χ3v) is 8.14. The molecule has 1 aromatic carbocycles. The molecule has 0 saturated heterocycles. The lowest BCUT2D eigenvalue weighted by Crippen LogP contribution is -2.57. The van der Waals surface area contributed by atoms with Gasteiger partial charge in [0, 0.05) is 18.8 Å². The van der Waals surface area contributed by atoms with Crippen LogP contribution in [0.15, 0.2) is 54.9 Å². The molecule has 12 heteroatoms. The molecule has 0 bridgehead atoms. The van der Waals surface area contributed by atoms with Crippen LogP contribution < -0.4 is 21.3 Å². The van der Waals surface area contributed by atoms with Crippen LogP contribution in [0.25, 0.3) is 0 Å². The van der Waals surface area contributed by atoms with Gasteiger partial charge in [-0.1, -0.05) is 78.3 Å². The molecule has 0 aliphatic heterocycles. The number of ether oxygens (including phenoxy) is 1. The summed E-state index contributed by atoms with van der Waals surface area (Å²) in [7, 11) is 0. The summed E-state index contributed by atoms with van der Waals surface area (Å²) in [6.07, 6.45) is 2.47. The average molecular weight is 670 g/mol. The monoisotopic (exact) mass is 669 g/mol. The maximum absolute atomic E-state index is 13.7. The molecule has 3 unspecified atom stereocenters. The van der Waals surface area contributed by atoms with Gasteiger partial charge in [0.05, 0.1) is 31.2 Å². The first-order valence-corrected chi connectivity index (χ1v) is 16.9. The van der Waals surface area contributed by atoms with Gasteiger partial charge < -0.3 is 36.2 Å². The van der Waals surface area contributed by atoms with Gasteiger partial charge in [-0.2, -0.15) is 0 Å². The molecule has 0 fully saturated rings. The van der Waals surface area contributed by atoms with Crippen molar-refractivity contribution in [3.63, 3.8) is 0 Å². The third-order valence-electron chi connectivity index (χ3n) is 8.14. The summed E-state index contributed by atoms with van der Waals surface area (Å²) >= 11 is 0. The molecule has 6 atom stereocenters. The average Bonchev–Trinajstić information content (AvgIpc) is 3.05. The summed E-state index contributed by atoms with van der Waals surface area (Å²) in [6.45, 7) is 11.4. The molecule has 6 N–H and O–H groups in total. The highest BCUT2D eigenvalue weighted by molar-refractivity contribution is 5.91. The number of hydrogen-bond acceptors (Lipinski definition) is 8. The van der Waals surface area contributed by atoms with Crippen molar-refractivity contribution >= 4 is 23.8 Å². The Kier molecular flexibility index (Phi) is 17.6. The Hall–Kier alpha value is -4.03. The molecule has 0 radical (unpaired) electrons.